The molecule has 3 N–H and O–H groups in total. The summed E-state index contributed by atoms with van der Waals surface area (Å²) in [5.41, 5.74) is 0.641. The molecule has 4 rings (SSSR count). The Kier molecular flexibility index (Phi) is 5.30. The number of rotatable bonds is 5. The fraction of sp³-hybridized carbons (Fsp3) is 0.0556. The topological polar surface area (TPSA) is 125 Å². The first-order valence-electron chi connectivity index (χ1n) is 8.32. The smallest absolute Gasteiger partial charge is 0.339 e. The van der Waals surface area contributed by atoms with Crippen molar-refractivity contribution < 1.29 is 18.3 Å². The van der Waals surface area contributed by atoms with E-state index >= 15 is 0 Å². The van der Waals surface area contributed by atoms with Crippen LogP contribution in [0.2, 0.25) is 5.02 Å². The van der Waals surface area contributed by atoms with Gasteiger partial charge in [0.15, 0.2) is 0 Å². The number of H-pyrrole nitrogens is 1. The molecule has 0 saturated carbocycles. The number of nitrogens with one attached hydrogen (secondary N) is 2. The maximum Gasteiger partial charge on any atom is 0.339 e. The van der Waals surface area contributed by atoms with E-state index in [9.17, 15) is 18.3 Å². The second-order valence-corrected chi connectivity index (χ2v) is 10.1. The standard InChI is InChI=1S/C18H12BrClN4O4S2/c1-8-12(18(25)26)15(24-30(27,28)11-4-2-3-10(20)5-11)13-14(19)16(29-17(13)23-8)9-6-21-22-7-9/h2-7H,1H3,(H,21,22)(H,23,24)(H,25,26). The molecule has 0 fully saturated rings. The van der Waals surface area contributed by atoms with Crippen molar-refractivity contribution in [2.24, 2.45) is 0 Å². The lowest BCUT2D eigenvalue weighted by molar-refractivity contribution is 0.0697. The lowest BCUT2D eigenvalue weighted by atomic mass is 10.1. The second kappa shape index (κ2) is 7.65. The SMILES string of the molecule is Cc1nc2sc(-c3cn[nH]c3)c(Br)c2c(NS(=O)(=O)c2cccc(Cl)c2)c1C(=O)O. The number of carboxylic acids is 1. The van der Waals surface area contributed by atoms with Crippen LogP contribution in [-0.4, -0.2) is 34.7 Å². The average Bonchev–Trinajstić information content (AvgIpc) is 3.29. The van der Waals surface area contributed by atoms with E-state index in [4.69, 9.17) is 11.6 Å². The van der Waals surface area contributed by atoms with Gasteiger partial charge in [0.1, 0.15) is 10.4 Å². The average molecular weight is 528 g/mol. The summed E-state index contributed by atoms with van der Waals surface area (Å²) < 4.78 is 29.0. The molecule has 8 nitrogen and oxygen atoms in total. The molecular formula is C18H12BrClN4O4S2. The van der Waals surface area contributed by atoms with Crippen LogP contribution in [0, 0.1) is 6.92 Å². The van der Waals surface area contributed by atoms with E-state index in [2.05, 4.69) is 35.8 Å². The normalized spacial score (nSPS) is 11.7. The number of carboxylic acid groups (broad SMARTS) is 1. The van der Waals surface area contributed by atoms with Crippen molar-refractivity contribution in [3.8, 4) is 10.4 Å². The van der Waals surface area contributed by atoms with Gasteiger partial charge in [0.2, 0.25) is 0 Å². The van der Waals surface area contributed by atoms with Gasteiger partial charge in [0.05, 0.1) is 32.7 Å². The van der Waals surface area contributed by atoms with Crippen molar-refractivity contribution in [1.82, 2.24) is 15.2 Å². The molecule has 0 unspecified atom stereocenters. The van der Waals surface area contributed by atoms with Crippen molar-refractivity contribution in [2.45, 2.75) is 11.8 Å². The van der Waals surface area contributed by atoms with Crippen molar-refractivity contribution in [1.29, 1.82) is 0 Å². The first-order valence-corrected chi connectivity index (χ1v) is 11.8. The molecule has 0 spiro atoms. The number of hydrogen-bond donors (Lipinski definition) is 3. The van der Waals surface area contributed by atoms with E-state index in [0.29, 0.717) is 14.7 Å². The predicted octanol–water partition coefficient (Wildman–Crippen LogP) is 4.91. The van der Waals surface area contributed by atoms with Gasteiger partial charge in [-0.2, -0.15) is 5.10 Å². The third-order valence-corrected chi connectivity index (χ3v) is 8.05. The zero-order valence-electron chi connectivity index (χ0n) is 15.1. The summed E-state index contributed by atoms with van der Waals surface area (Å²) in [6.45, 7) is 1.52. The van der Waals surface area contributed by atoms with E-state index in [1.807, 2.05) is 0 Å². The number of carbonyl (C=O) groups is 1. The summed E-state index contributed by atoms with van der Waals surface area (Å²) in [6, 6.07) is 5.71. The minimum Gasteiger partial charge on any atom is -0.478 e. The zero-order valence-corrected chi connectivity index (χ0v) is 19.1. The number of aryl methyl sites for hydroxylation is 1. The van der Waals surface area contributed by atoms with Gasteiger partial charge < -0.3 is 5.11 Å². The highest BCUT2D eigenvalue weighted by Gasteiger charge is 2.27. The molecule has 12 heteroatoms. The Bertz CT molecular complexity index is 1400. The summed E-state index contributed by atoms with van der Waals surface area (Å²) in [7, 11) is -4.12. The predicted molar refractivity (Wildman–Crippen MR) is 119 cm³/mol. The van der Waals surface area contributed by atoms with Gasteiger partial charge in [-0.15, -0.1) is 11.3 Å². The lowest BCUT2D eigenvalue weighted by Crippen LogP contribution is -2.17. The van der Waals surface area contributed by atoms with Crippen molar-refractivity contribution in [3.63, 3.8) is 0 Å². The largest absolute Gasteiger partial charge is 0.478 e. The van der Waals surface area contributed by atoms with Crippen LogP contribution in [-0.2, 0) is 10.0 Å². The number of anilines is 1. The van der Waals surface area contributed by atoms with E-state index in [1.54, 1.807) is 18.5 Å². The maximum atomic E-state index is 13.0. The third kappa shape index (κ3) is 3.58. The number of hydrogen-bond acceptors (Lipinski definition) is 6. The number of pyridine rings is 1. The second-order valence-electron chi connectivity index (χ2n) is 6.23. The number of aromatic carboxylic acids is 1. The Morgan fingerprint density at radius 2 is 2.13 bits per heavy atom. The van der Waals surface area contributed by atoms with E-state index in [0.717, 1.165) is 10.4 Å². The molecule has 3 aromatic heterocycles. The number of thiophene rings is 1. The van der Waals surface area contributed by atoms with Gasteiger partial charge in [-0.05, 0) is 41.1 Å². The Labute approximate surface area is 188 Å². The summed E-state index contributed by atoms with van der Waals surface area (Å²) in [6.07, 6.45) is 3.28. The van der Waals surface area contributed by atoms with Crippen molar-refractivity contribution >= 4 is 70.8 Å². The summed E-state index contributed by atoms with van der Waals surface area (Å²) >= 11 is 10.7. The third-order valence-electron chi connectivity index (χ3n) is 4.28. The highest BCUT2D eigenvalue weighted by atomic mass is 79.9. The molecule has 0 aliphatic heterocycles. The fourth-order valence-electron chi connectivity index (χ4n) is 2.96. The minimum atomic E-state index is -4.12. The first-order chi connectivity index (χ1) is 14.2. The molecule has 4 aromatic rings. The fourth-order valence-corrected chi connectivity index (χ4v) is 6.44. The Morgan fingerprint density at radius 1 is 1.37 bits per heavy atom. The van der Waals surface area contributed by atoms with E-state index in [-0.39, 0.29) is 26.9 Å². The van der Waals surface area contributed by atoms with Crippen LogP contribution < -0.4 is 4.72 Å². The molecule has 30 heavy (non-hydrogen) atoms. The van der Waals surface area contributed by atoms with Crippen LogP contribution in [0.15, 0.2) is 46.0 Å². The molecular weight excluding hydrogens is 516 g/mol. The van der Waals surface area contributed by atoms with E-state index in [1.165, 1.54) is 36.5 Å². The van der Waals surface area contributed by atoms with Crippen LogP contribution in [0.1, 0.15) is 16.1 Å². The van der Waals surface area contributed by atoms with E-state index < -0.39 is 16.0 Å². The first kappa shape index (κ1) is 20.8. The Morgan fingerprint density at radius 3 is 2.77 bits per heavy atom. The minimum absolute atomic E-state index is 0.0668. The molecule has 0 aliphatic carbocycles. The van der Waals surface area contributed by atoms with Gasteiger partial charge in [0, 0.05) is 21.3 Å². The molecule has 0 bridgehead atoms. The number of nitrogens with zero attached hydrogens (tertiary/aromatic N) is 2. The molecule has 0 radical (unpaired) electrons. The van der Waals surface area contributed by atoms with Crippen molar-refractivity contribution in [3.05, 3.63) is 57.4 Å². The highest BCUT2D eigenvalue weighted by molar-refractivity contribution is 9.10. The molecule has 0 aliphatic rings. The van der Waals surface area contributed by atoms with Gasteiger partial charge in [-0.25, -0.2) is 18.2 Å². The Balaban J connectivity index is 1.99. The maximum absolute atomic E-state index is 13.0. The van der Waals surface area contributed by atoms with Gasteiger partial charge >= 0.3 is 5.97 Å². The molecule has 0 saturated heterocycles. The number of aromatic amines is 1. The van der Waals surface area contributed by atoms with Crippen LogP contribution in [0.25, 0.3) is 20.7 Å². The quantitative estimate of drug-likeness (QED) is 0.339. The van der Waals surface area contributed by atoms with Crippen LogP contribution in [0.3, 0.4) is 0 Å². The van der Waals surface area contributed by atoms with Crippen LogP contribution in [0.4, 0.5) is 5.69 Å². The van der Waals surface area contributed by atoms with Crippen LogP contribution >= 0.6 is 38.9 Å². The molecule has 154 valence electrons. The monoisotopic (exact) mass is 526 g/mol. The molecule has 0 atom stereocenters. The molecule has 0 amide bonds. The van der Waals surface area contributed by atoms with Crippen molar-refractivity contribution in [2.75, 3.05) is 4.72 Å². The number of aromatic nitrogens is 3. The Hall–Kier alpha value is -2.47. The summed E-state index contributed by atoms with van der Waals surface area (Å²) in [5, 5.41) is 17.0. The van der Waals surface area contributed by atoms with Gasteiger partial charge in [-0.3, -0.25) is 9.82 Å². The molecule has 1 aromatic carbocycles. The highest BCUT2D eigenvalue weighted by Crippen LogP contribution is 2.46. The number of halogens is 2. The van der Waals surface area contributed by atoms with Gasteiger partial charge in [0.25, 0.3) is 10.0 Å². The summed E-state index contributed by atoms with van der Waals surface area (Å²) in [5.74, 6) is -1.30. The summed E-state index contributed by atoms with van der Waals surface area (Å²) in [4.78, 5) is 17.5. The molecule has 3 heterocycles. The number of fused-ring (bicyclic) bond motifs is 1. The van der Waals surface area contributed by atoms with Gasteiger partial charge in [-0.1, -0.05) is 17.7 Å². The number of sulfonamides is 1. The number of benzene rings is 1. The zero-order chi connectivity index (χ0) is 21.6. The lowest BCUT2D eigenvalue weighted by Gasteiger charge is -2.14. The van der Waals surface area contributed by atoms with Crippen LogP contribution in [0.5, 0.6) is 0 Å².